The first-order valence-electron chi connectivity index (χ1n) is 9.66. The molecule has 0 rings (SSSR count). The van der Waals surface area contributed by atoms with Crippen molar-refractivity contribution < 1.29 is 18.9 Å². The van der Waals surface area contributed by atoms with E-state index in [2.05, 4.69) is 27.7 Å². The van der Waals surface area contributed by atoms with Gasteiger partial charge in [-0.05, 0) is 36.5 Å². The van der Waals surface area contributed by atoms with Crippen molar-refractivity contribution >= 4 is 34.9 Å². The number of rotatable bonds is 17. The second-order valence-electron chi connectivity index (χ2n) is 6.48. The van der Waals surface area contributed by atoms with Crippen LogP contribution in [0.4, 0.5) is 0 Å². The molecule has 0 aliphatic heterocycles. The summed E-state index contributed by atoms with van der Waals surface area (Å²) in [5, 5.41) is 8.96. The largest absolute Gasteiger partial charge is 0.481 e. The van der Waals surface area contributed by atoms with Gasteiger partial charge in [-0.15, -0.1) is 0 Å². The molecule has 0 aliphatic rings. The van der Waals surface area contributed by atoms with Gasteiger partial charge in [-0.25, -0.2) is 0 Å². The van der Waals surface area contributed by atoms with Crippen LogP contribution in [0, 0.1) is 11.8 Å². The van der Waals surface area contributed by atoms with Crippen molar-refractivity contribution in [1.82, 2.24) is 0 Å². The van der Waals surface area contributed by atoms with Gasteiger partial charge in [0, 0.05) is 0 Å². The molecule has 4 nitrogen and oxygen atoms in total. The molecule has 0 aliphatic carbocycles. The van der Waals surface area contributed by atoms with Crippen LogP contribution in [0.3, 0.4) is 0 Å². The molecule has 0 saturated carbocycles. The molecule has 0 saturated heterocycles. The van der Waals surface area contributed by atoms with Gasteiger partial charge >= 0.3 is 5.97 Å². The van der Waals surface area contributed by atoms with Crippen molar-refractivity contribution in [3.63, 3.8) is 0 Å². The topological polar surface area (TPSA) is 55.8 Å². The van der Waals surface area contributed by atoms with E-state index in [1.807, 2.05) is 0 Å². The lowest BCUT2D eigenvalue weighted by molar-refractivity contribution is -0.133. The van der Waals surface area contributed by atoms with Crippen LogP contribution in [0.15, 0.2) is 0 Å². The molecule has 0 amide bonds. The summed E-state index contributed by atoms with van der Waals surface area (Å²) in [4.78, 5) is 10.9. The maximum absolute atomic E-state index is 10.9. The summed E-state index contributed by atoms with van der Waals surface area (Å²) in [5.41, 5.74) is -2.58. The first kappa shape index (κ1) is 25.4. The Morgan fingerprint density at radius 3 is 1.72 bits per heavy atom. The monoisotopic (exact) mass is 412 g/mol. The lowest BCUT2D eigenvalue weighted by atomic mass is 9.98. The van der Waals surface area contributed by atoms with Gasteiger partial charge in [-0.2, -0.15) is 0 Å². The number of carbonyl (C=O) groups is 1. The molecule has 0 radical (unpaired) electrons. The minimum atomic E-state index is -2.58. The maximum atomic E-state index is 10.9. The van der Waals surface area contributed by atoms with Crippen molar-refractivity contribution in [3.8, 4) is 0 Å². The molecule has 0 spiro atoms. The van der Waals surface area contributed by atoms with E-state index < -0.39 is 11.7 Å². The summed E-state index contributed by atoms with van der Waals surface area (Å²) in [5.74, 6) is 0.357. The summed E-state index contributed by atoms with van der Waals surface area (Å²) >= 11 is 6.75. The molecule has 1 N–H and O–H groups in total. The molecular formula is C18H37O4PS2. The highest BCUT2D eigenvalue weighted by atomic mass is 32.9. The van der Waals surface area contributed by atoms with Crippen LogP contribution in [0.1, 0.15) is 79.1 Å². The van der Waals surface area contributed by atoms with Gasteiger partial charge in [0.2, 0.25) is 5.69 Å². The third-order valence-electron chi connectivity index (χ3n) is 4.45. The van der Waals surface area contributed by atoms with Crippen LogP contribution in [0.25, 0.3) is 0 Å². The predicted molar refractivity (Wildman–Crippen MR) is 113 cm³/mol. The normalized spacial score (nSPS) is 16.3. The summed E-state index contributed by atoms with van der Waals surface area (Å²) in [6.45, 7) is 9.92. The Bertz CT molecular complexity index is 369. The molecule has 2 unspecified atom stereocenters. The number of carboxylic acids is 1. The second-order valence-corrected chi connectivity index (χ2v) is 12.8. The molecule has 150 valence electrons. The molecule has 0 aromatic heterocycles. The Hall–Kier alpha value is 0.390. The maximum Gasteiger partial charge on any atom is 0.314 e. The molecule has 7 heteroatoms. The first-order valence-corrected chi connectivity index (χ1v) is 13.9. The quantitative estimate of drug-likeness (QED) is 0.275. The van der Waals surface area contributed by atoms with Crippen LogP contribution in [0.2, 0.25) is 0 Å². The molecule has 0 bridgehead atoms. The fourth-order valence-electron chi connectivity index (χ4n) is 2.83. The fourth-order valence-corrected chi connectivity index (χ4v) is 6.60. The third-order valence-corrected chi connectivity index (χ3v) is 9.69. The van der Waals surface area contributed by atoms with Crippen molar-refractivity contribution in [3.05, 3.63) is 0 Å². The van der Waals surface area contributed by atoms with Crippen LogP contribution >= 0.6 is 17.1 Å². The van der Waals surface area contributed by atoms with Crippen molar-refractivity contribution in [2.24, 2.45) is 11.8 Å². The summed E-state index contributed by atoms with van der Waals surface area (Å²) in [6, 6.07) is 0. The highest BCUT2D eigenvalue weighted by Crippen LogP contribution is 2.61. The van der Waals surface area contributed by atoms with Gasteiger partial charge in [0.25, 0.3) is 0 Å². The average Bonchev–Trinajstić information content (AvgIpc) is 2.58. The molecule has 25 heavy (non-hydrogen) atoms. The van der Waals surface area contributed by atoms with Gasteiger partial charge in [0.15, 0.2) is 0 Å². The molecule has 0 heterocycles. The number of aliphatic carboxylic acids is 1. The van der Waals surface area contributed by atoms with E-state index in [1.54, 1.807) is 0 Å². The van der Waals surface area contributed by atoms with E-state index in [9.17, 15) is 4.79 Å². The molecule has 0 fully saturated rings. The number of carboxylic acid groups (broad SMARTS) is 1. The van der Waals surface area contributed by atoms with Crippen molar-refractivity contribution in [2.75, 3.05) is 19.0 Å². The van der Waals surface area contributed by atoms with Gasteiger partial charge in [-0.1, -0.05) is 77.6 Å². The van der Waals surface area contributed by atoms with E-state index >= 15 is 0 Å². The minimum Gasteiger partial charge on any atom is -0.481 e. The van der Waals surface area contributed by atoms with Gasteiger partial charge < -0.3 is 14.2 Å². The molecular weight excluding hydrogens is 375 g/mol. The summed E-state index contributed by atoms with van der Waals surface area (Å²) in [7, 11) is 0. The third kappa shape index (κ3) is 13.2. The number of hydrogen-bond acceptors (Lipinski definition) is 5. The lowest BCUT2D eigenvalue weighted by Gasteiger charge is -2.23. The lowest BCUT2D eigenvalue weighted by Crippen LogP contribution is -2.07. The zero-order valence-corrected chi connectivity index (χ0v) is 18.9. The summed E-state index contributed by atoms with van der Waals surface area (Å²) < 4.78 is 11.9. The Kier molecular flexibility index (Phi) is 15.7. The van der Waals surface area contributed by atoms with E-state index in [0.717, 1.165) is 37.1 Å². The van der Waals surface area contributed by atoms with E-state index in [0.29, 0.717) is 25.0 Å². The van der Waals surface area contributed by atoms with E-state index in [1.165, 1.54) is 25.7 Å². The Morgan fingerprint density at radius 2 is 1.40 bits per heavy atom. The van der Waals surface area contributed by atoms with E-state index in [-0.39, 0.29) is 5.75 Å². The number of hydrogen-bond donors (Lipinski definition) is 1. The predicted octanol–water partition coefficient (Wildman–Crippen LogP) is 6.49. The molecule has 0 aromatic rings. The fraction of sp³-hybridized carbons (Fsp3) is 0.944. The van der Waals surface area contributed by atoms with Crippen molar-refractivity contribution in [1.29, 1.82) is 0 Å². The van der Waals surface area contributed by atoms with Crippen LogP contribution < -0.4 is 0 Å². The highest BCUT2D eigenvalue weighted by Gasteiger charge is 2.23. The second kappa shape index (κ2) is 15.4. The first-order chi connectivity index (χ1) is 11.9. The SMILES string of the molecule is CCCC(CC)CCOP(=S)(OCCC(CC)CCC)SCC(=O)O. The minimum absolute atomic E-state index is 0.0599. The Balaban J connectivity index is 4.50. The molecule has 0 aromatic carbocycles. The smallest absolute Gasteiger partial charge is 0.314 e. The Morgan fingerprint density at radius 1 is 0.960 bits per heavy atom. The highest BCUT2D eigenvalue weighted by molar-refractivity contribution is 8.68. The average molecular weight is 413 g/mol. The van der Waals surface area contributed by atoms with Gasteiger partial charge in [0.1, 0.15) is 5.75 Å². The van der Waals surface area contributed by atoms with Gasteiger partial charge in [0.05, 0.1) is 13.2 Å². The summed E-state index contributed by atoms with van der Waals surface area (Å²) in [6.07, 6.45) is 8.94. The van der Waals surface area contributed by atoms with Crippen LogP contribution in [0.5, 0.6) is 0 Å². The van der Waals surface area contributed by atoms with Crippen molar-refractivity contribution in [2.45, 2.75) is 79.1 Å². The van der Waals surface area contributed by atoms with Crippen LogP contribution in [-0.4, -0.2) is 30.0 Å². The zero-order chi connectivity index (χ0) is 19.1. The standard InChI is InChI=1S/C18H37O4PS2/c1-5-9-16(7-3)11-13-21-23(24,25-15-18(19)20)22-14-12-17(8-4)10-6-2/h16-17H,5-15H2,1-4H3,(H,19,20). The van der Waals surface area contributed by atoms with Crippen LogP contribution in [-0.2, 0) is 25.6 Å². The molecule has 2 atom stereocenters. The zero-order valence-electron chi connectivity index (χ0n) is 16.4. The van der Waals surface area contributed by atoms with E-state index in [4.69, 9.17) is 26.0 Å². The van der Waals surface area contributed by atoms with Gasteiger partial charge in [-0.3, -0.25) is 4.79 Å². The Labute approximate surface area is 163 Å².